The van der Waals surface area contributed by atoms with E-state index in [1.165, 1.54) is 0 Å². The van der Waals surface area contributed by atoms with E-state index < -0.39 is 12.0 Å². The molecule has 6 heteroatoms. The molecular formula is C6H11NO3S2. The Morgan fingerprint density at radius 2 is 2.00 bits per heavy atom. The van der Waals surface area contributed by atoms with Crippen molar-refractivity contribution in [3.05, 3.63) is 0 Å². The molecule has 2 N–H and O–H groups in total. The van der Waals surface area contributed by atoms with Gasteiger partial charge in [0.05, 0.1) is 5.75 Å². The van der Waals surface area contributed by atoms with Crippen LogP contribution in [0.4, 0.5) is 0 Å². The van der Waals surface area contributed by atoms with Crippen LogP contribution in [0.2, 0.25) is 0 Å². The molecule has 70 valence electrons. The quantitative estimate of drug-likeness (QED) is 0.474. The molecule has 0 aromatic carbocycles. The van der Waals surface area contributed by atoms with E-state index in [1.54, 1.807) is 0 Å². The fraction of sp³-hybridized carbons (Fsp3) is 0.667. The minimum absolute atomic E-state index is 0.00362. The van der Waals surface area contributed by atoms with Crippen molar-refractivity contribution in [1.82, 2.24) is 5.32 Å². The first kappa shape index (κ1) is 11.6. The number of carbonyl (C=O) groups is 2. The monoisotopic (exact) mass is 209 g/mol. The molecule has 0 aliphatic heterocycles. The molecular weight excluding hydrogens is 198 g/mol. The number of hydrogen-bond acceptors (Lipinski definition) is 4. The normalized spacial score (nSPS) is 12.2. The van der Waals surface area contributed by atoms with Gasteiger partial charge in [0.25, 0.3) is 0 Å². The lowest BCUT2D eigenvalue weighted by Gasteiger charge is -2.11. The molecule has 12 heavy (non-hydrogen) atoms. The van der Waals surface area contributed by atoms with Gasteiger partial charge in [-0.3, -0.25) is 4.79 Å². The van der Waals surface area contributed by atoms with Crippen LogP contribution in [0.15, 0.2) is 0 Å². The Morgan fingerprint density at radius 3 is 2.33 bits per heavy atom. The number of rotatable bonds is 5. The van der Waals surface area contributed by atoms with E-state index in [2.05, 4.69) is 30.6 Å². The van der Waals surface area contributed by atoms with Crippen LogP contribution >= 0.6 is 25.3 Å². The van der Waals surface area contributed by atoms with Crippen molar-refractivity contribution in [3.8, 4) is 0 Å². The summed E-state index contributed by atoms with van der Waals surface area (Å²) in [5.41, 5.74) is 0. The fourth-order valence-electron chi connectivity index (χ4n) is 0.626. The van der Waals surface area contributed by atoms with E-state index >= 15 is 0 Å². The maximum absolute atomic E-state index is 10.7. The van der Waals surface area contributed by atoms with Crippen LogP contribution in [-0.2, 0) is 9.59 Å². The molecule has 1 amide bonds. The first-order valence-corrected chi connectivity index (χ1v) is 4.62. The summed E-state index contributed by atoms with van der Waals surface area (Å²) in [6.07, 6.45) is 0.317. The van der Waals surface area contributed by atoms with Gasteiger partial charge in [0, 0.05) is 0 Å². The second-order valence-corrected chi connectivity index (χ2v) is 2.89. The Balaban J connectivity index is 3.95. The molecule has 4 nitrogen and oxygen atoms in total. The number of amides is 1. The lowest BCUT2D eigenvalue weighted by molar-refractivity contribution is -0.141. The number of thiol groups is 2. The van der Waals surface area contributed by atoms with Gasteiger partial charge >= 0.3 is 5.97 Å². The topological polar surface area (TPSA) is 66.4 Å². The predicted octanol–water partition coefficient (Wildman–Crippen LogP) is -0.195. The second-order valence-electron chi connectivity index (χ2n) is 2.13. The Hall–Kier alpha value is -0.360. The van der Waals surface area contributed by atoms with Gasteiger partial charge in [-0.05, 0) is 12.2 Å². The number of carbonyl (C=O) groups excluding carboxylic acids is 1. The Bertz CT molecular complexity index is 172. The largest absolute Gasteiger partial charge is 0.480 e. The molecule has 1 atom stereocenters. The lowest BCUT2D eigenvalue weighted by atomic mass is 10.2. The summed E-state index contributed by atoms with van der Waals surface area (Å²) in [6, 6.07) is -0.845. The van der Waals surface area contributed by atoms with Gasteiger partial charge in [0.15, 0.2) is 0 Å². The smallest absolute Gasteiger partial charge is 0.326 e. The molecule has 0 heterocycles. The second kappa shape index (κ2) is 6.19. The summed E-state index contributed by atoms with van der Waals surface area (Å²) >= 11 is 7.58. The lowest BCUT2D eigenvalue weighted by Crippen LogP contribution is -2.41. The maximum Gasteiger partial charge on any atom is 0.326 e. The number of aliphatic carboxylic acids is 1. The van der Waals surface area contributed by atoms with Gasteiger partial charge in [0.1, 0.15) is 6.04 Å². The van der Waals surface area contributed by atoms with Gasteiger partial charge in [-0.2, -0.15) is 25.3 Å². The third kappa shape index (κ3) is 4.50. The van der Waals surface area contributed by atoms with E-state index in [4.69, 9.17) is 5.11 Å². The molecule has 0 aromatic rings. The number of nitrogens with one attached hydrogen (secondary N) is 1. The van der Waals surface area contributed by atoms with Crippen LogP contribution in [0.5, 0.6) is 0 Å². The van der Waals surface area contributed by atoms with Crippen LogP contribution in [0, 0.1) is 0 Å². The predicted molar refractivity (Wildman–Crippen MR) is 51.9 cm³/mol. The summed E-state index contributed by atoms with van der Waals surface area (Å²) in [7, 11) is 0. The van der Waals surface area contributed by atoms with Crippen LogP contribution in [0.3, 0.4) is 0 Å². The zero-order chi connectivity index (χ0) is 9.56. The van der Waals surface area contributed by atoms with Crippen LogP contribution in [0.1, 0.15) is 6.42 Å². The Labute approximate surface area is 81.5 Å². The fourth-order valence-corrected chi connectivity index (χ4v) is 0.976. The minimum atomic E-state index is -1.04. The van der Waals surface area contributed by atoms with E-state index in [1.807, 2.05) is 0 Å². The highest BCUT2D eigenvalue weighted by atomic mass is 32.1. The number of hydrogen-bond donors (Lipinski definition) is 4. The SMILES string of the molecule is O=C(CS)N[C@H](CCS)C(=O)O. The first-order chi connectivity index (χ1) is 5.61. The molecule has 0 bridgehead atoms. The van der Waals surface area contributed by atoms with E-state index in [0.29, 0.717) is 12.2 Å². The molecule has 0 rings (SSSR count). The average molecular weight is 209 g/mol. The van der Waals surface area contributed by atoms with Gasteiger partial charge in [-0.25, -0.2) is 4.79 Å². The number of carboxylic acids is 1. The molecule has 0 aromatic heterocycles. The number of carboxylic acid groups (broad SMARTS) is 1. The van der Waals surface area contributed by atoms with Gasteiger partial charge in [0.2, 0.25) is 5.91 Å². The van der Waals surface area contributed by atoms with E-state index in [9.17, 15) is 9.59 Å². The summed E-state index contributed by atoms with van der Waals surface area (Å²) in [4.78, 5) is 21.2. The van der Waals surface area contributed by atoms with Crippen molar-refractivity contribution in [2.24, 2.45) is 0 Å². The standard InChI is InChI=1S/C6H11NO3S2/c8-5(3-12)7-4(1-2-11)6(9)10/h4,11-12H,1-3H2,(H,7,8)(H,9,10)/t4-/m1/s1. The van der Waals surface area contributed by atoms with E-state index in [0.717, 1.165) is 0 Å². The zero-order valence-electron chi connectivity index (χ0n) is 6.36. The third-order valence-corrected chi connectivity index (χ3v) is 1.74. The Morgan fingerprint density at radius 1 is 1.42 bits per heavy atom. The van der Waals surface area contributed by atoms with Crippen molar-refractivity contribution < 1.29 is 14.7 Å². The summed E-state index contributed by atoms with van der Waals surface area (Å²) in [5, 5.41) is 10.9. The molecule has 0 saturated heterocycles. The highest BCUT2D eigenvalue weighted by Gasteiger charge is 2.17. The Kier molecular flexibility index (Phi) is 6.00. The van der Waals surface area contributed by atoms with Crippen molar-refractivity contribution >= 4 is 37.1 Å². The molecule has 0 saturated carbocycles. The van der Waals surface area contributed by atoms with Gasteiger partial charge in [-0.15, -0.1) is 0 Å². The van der Waals surface area contributed by atoms with Gasteiger partial charge in [-0.1, -0.05) is 0 Å². The molecule has 0 fully saturated rings. The summed E-state index contributed by atoms with van der Waals surface area (Å²) in [6.45, 7) is 0. The zero-order valence-corrected chi connectivity index (χ0v) is 8.15. The third-order valence-electron chi connectivity index (χ3n) is 1.19. The van der Waals surface area contributed by atoms with E-state index in [-0.39, 0.29) is 11.7 Å². The first-order valence-electron chi connectivity index (χ1n) is 3.35. The molecule has 0 spiro atoms. The van der Waals surface area contributed by atoms with Crippen LogP contribution in [0.25, 0.3) is 0 Å². The van der Waals surface area contributed by atoms with Crippen molar-refractivity contribution in [3.63, 3.8) is 0 Å². The average Bonchev–Trinajstić information content (AvgIpc) is 2.03. The van der Waals surface area contributed by atoms with Crippen LogP contribution in [-0.4, -0.2) is 34.5 Å². The highest BCUT2D eigenvalue weighted by molar-refractivity contribution is 7.81. The molecule has 0 aliphatic rings. The van der Waals surface area contributed by atoms with Crippen molar-refractivity contribution in [2.45, 2.75) is 12.5 Å². The molecule has 0 aliphatic carbocycles. The highest BCUT2D eigenvalue weighted by Crippen LogP contribution is 1.94. The van der Waals surface area contributed by atoms with Crippen molar-refractivity contribution in [1.29, 1.82) is 0 Å². The minimum Gasteiger partial charge on any atom is -0.480 e. The van der Waals surface area contributed by atoms with Crippen molar-refractivity contribution in [2.75, 3.05) is 11.5 Å². The maximum atomic E-state index is 10.7. The summed E-state index contributed by atoms with van der Waals surface area (Å²) < 4.78 is 0. The molecule has 0 unspecified atom stereocenters. The van der Waals surface area contributed by atoms with Crippen LogP contribution < -0.4 is 5.32 Å². The van der Waals surface area contributed by atoms with Gasteiger partial charge < -0.3 is 10.4 Å². The molecule has 0 radical (unpaired) electrons. The summed E-state index contributed by atoms with van der Waals surface area (Å²) in [5.74, 6) is -1.01.